The van der Waals surface area contributed by atoms with E-state index in [1.165, 1.54) is 0 Å². The fraction of sp³-hybridized carbons (Fsp3) is 0.417. The van der Waals surface area contributed by atoms with Gasteiger partial charge in [0.1, 0.15) is 0 Å². The number of carbonyl (C=O) groups is 1. The monoisotopic (exact) mass is 240 g/mol. The number of hydrogen-bond donors (Lipinski definition) is 2. The Hall–Kier alpha value is -1.22. The van der Waals surface area contributed by atoms with Crippen LogP contribution in [0.15, 0.2) is 18.2 Å². The van der Waals surface area contributed by atoms with Crippen molar-refractivity contribution in [2.75, 3.05) is 12.3 Å². The van der Waals surface area contributed by atoms with Gasteiger partial charge < -0.3 is 11.1 Å². The molecule has 1 aromatic carbocycles. The molecule has 0 aromatic heterocycles. The zero-order valence-electron chi connectivity index (χ0n) is 9.80. The fourth-order valence-electron chi connectivity index (χ4n) is 1.17. The van der Waals surface area contributed by atoms with Crippen molar-refractivity contribution in [3.05, 3.63) is 28.8 Å². The third-order valence-electron chi connectivity index (χ3n) is 2.04. The average molecular weight is 241 g/mol. The molecule has 1 amide bonds. The zero-order valence-corrected chi connectivity index (χ0v) is 10.6. The second-order valence-electron chi connectivity index (χ2n) is 4.97. The lowest BCUT2D eigenvalue weighted by molar-refractivity contribution is 0.0940. The van der Waals surface area contributed by atoms with Crippen LogP contribution in [-0.4, -0.2) is 12.5 Å². The van der Waals surface area contributed by atoms with Crippen LogP contribution in [0, 0.1) is 5.41 Å². The summed E-state index contributed by atoms with van der Waals surface area (Å²) in [4.78, 5) is 11.8. The minimum absolute atomic E-state index is 0.0446. The van der Waals surface area contributed by atoms with E-state index in [2.05, 4.69) is 26.1 Å². The number of carbonyl (C=O) groups excluding carboxylic acids is 1. The highest BCUT2D eigenvalue weighted by Gasteiger charge is 2.14. The predicted octanol–water partition coefficient (Wildman–Crippen LogP) is 2.70. The first-order valence-electron chi connectivity index (χ1n) is 5.13. The molecule has 0 saturated carbocycles. The molecule has 0 aliphatic carbocycles. The van der Waals surface area contributed by atoms with Crippen LogP contribution < -0.4 is 11.1 Å². The molecular formula is C12H17ClN2O. The minimum Gasteiger partial charge on any atom is -0.398 e. The van der Waals surface area contributed by atoms with Gasteiger partial charge in [0.15, 0.2) is 0 Å². The van der Waals surface area contributed by atoms with E-state index in [4.69, 9.17) is 17.3 Å². The first-order chi connectivity index (χ1) is 7.29. The SMILES string of the molecule is CC(C)(C)CNC(=O)c1cc(Cl)ccc1N. The van der Waals surface area contributed by atoms with Crippen molar-refractivity contribution in [1.82, 2.24) is 5.32 Å². The summed E-state index contributed by atoms with van der Waals surface area (Å²) in [6, 6.07) is 4.88. The summed E-state index contributed by atoms with van der Waals surface area (Å²) >= 11 is 5.82. The van der Waals surface area contributed by atoms with Crippen LogP contribution in [0.1, 0.15) is 31.1 Å². The van der Waals surface area contributed by atoms with Gasteiger partial charge in [-0.1, -0.05) is 32.4 Å². The molecule has 0 aliphatic rings. The van der Waals surface area contributed by atoms with Gasteiger partial charge in [0.05, 0.1) is 5.56 Å². The molecule has 0 radical (unpaired) electrons. The fourth-order valence-corrected chi connectivity index (χ4v) is 1.34. The molecule has 0 unspecified atom stereocenters. The highest BCUT2D eigenvalue weighted by molar-refractivity contribution is 6.31. The standard InChI is InChI=1S/C12H17ClN2O/c1-12(2,3)7-15-11(16)9-6-8(13)4-5-10(9)14/h4-6H,7,14H2,1-3H3,(H,15,16). The van der Waals surface area contributed by atoms with Gasteiger partial charge >= 0.3 is 0 Å². The molecule has 0 aliphatic heterocycles. The van der Waals surface area contributed by atoms with E-state index in [-0.39, 0.29) is 11.3 Å². The summed E-state index contributed by atoms with van der Waals surface area (Å²) in [7, 11) is 0. The quantitative estimate of drug-likeness (QED) is 0.781. The predicted molar refractivity (Wildman–Crippen MR) is 67.7 cm³/mol. The van der Waals surface area contributed by atoms with Gasteiger partial charge in [0.25, 0.3) is 5.91 Å². The zero-order chi connectivity index (χ0) is 12.3. The maximum absolute atomic E-state index is 11.8. The Balaban J connectivity index is 2.77. The van der Waals surface area contributed by atoms with Crippen molar-refractivity contribution >= 4 is 23.2 Å². The van der Waals surface area contributed by atoms with Crippen LogP contribution >= 0.6 is 11.6 Å². The number of anilines is 1. The van der Waals surface area contributed by atoms with E-state index in [9.17, 15) is 4.79 Å². The van der Waals surface area contributed by atoms with Crippen LogP contribution in [0.5, 0.6) is 0 Å². The van der Waals surface area contributed by atoms with Crippen LogP contribution in [-0.2, 0) is 0 Å². The first-order valence-corrected chi connectivity index (χ1v) is 5.50. The minimum atomic E-state index is -0.185. The Labute approximate surface area is 101 Å². The average Bonchev–Trinajstić information content (AvgIpc) is 2.17. The lowest BCUT2D eigenvalue weighted by atomic mass is 9.97. The van der Waals surface area contributed by atoms with Crippen LogP contribution in [0.2, 0.25) is 5.02 Å². The maximum Gasteiger partial charge on any atom is 0.253 e. The van der Waals surface area contributed by atoms with E-state index in [0.717, 1.165) is 0 Å². The highest BCUT2D eigenvalue weighted by atomic mass is 35.5. The van der Waals surface area contributed by atoms with Crippen LogP contribution in [0.3, 0.4) is 0 Å². The molecule has 4 heteroatoms. The molecule has 0 bridgehead atoms. The molecule has 0 saturated heterocycles. The molecule has 0 fully saturated rings. The van der Waals surface area contributed by atoms with Crippen molar-refractivity contribution in [2.24, 2.45) is 5.41 Å². The van der Waals surface area contributed by atoms with Gasteiger partial charge in [-0.3, -0.25) is 4.79 Å². The number of benzene rings is 1. The van der Waals surface area contributed by atoms with Gasteiger partial charge in [0, 0.05) is 17.3 Å². The number of hydrogen-bond acceptors (Lipinski definition) is 2. The smallest absolute Gasteiger partial charge is 0.253 e. The van der Waals surface area contributed by atoms with Gasteiger partial charge in [0.2, 0.25) is 0 Å². The summed E-state index contributed by atoms with van der Waals surface area (Å²) in [5.41, 5.74) is 6.62. The maximum atomic E-state index is 11.8. The van der Waals surface area contributed by atoms with Crippen molar-refractivity contribution in [3.8, 4) is 0 Å². The second kappa shape index (κ2) is 4.74. The first kappa shape index (κ1) is 12.8. The van der Waals surface area contributed by atoms with Crippen molar-refractivity contribution in [1.29, 1.82) is 0 Å². The molecule has 1 aromatic rings. The van der Waals surface area contributed by atoms with Crippen molar-refractivity contribution < 1.29 is 4.79 Å². The number of nitrogens with one attached hydrogen (secondary N) is 1. The molecule has 3 nitrogen and oxygen atoms in total. The second-order valence-corrected chi connectivity index (χ2v) is 5.41. The summed E-state index contributed by atoms with van der Waals surface area (Å²) < 4.78 is 0. The van der Waals surface area contributed by atoms with Gasteiger partial charge in [-0.25, -0.2) is 0 Å². The molecule has 16 heavy (non-hydrogen) atoms. The van der Waals surface area contributed by atoms with Gasteiger partial charge in [-0.05, 0) is 23.6 Å². The van der Waals surface area contributed by atoms with Crippen LogP contribution in [0.4, 0.5) is 5.69 Å². The van der Waals surface area contributed by atoms with Crippen molar-refractivity contribution in [3.63, 3.8) is 0 Å². The number of nitrogens with two attached hydrogens (primary N) is 1. The molecule has 0 spiro atoms. The Bertz CT molecular complexity index is 396. The molecular weight excluding hydrogens is 224 g/mol. The third kappa shape index (κ3) is 3.74. The molecule has 3 N–H and O–H groups in total. The number of amides is 1. The summed E-state index contributed by atoms with van der Waals surface area (Å²) in [6.07, 6.45) is 0. The molecule has 1 rings (SSSR count). The molecule has 0 atom stereocenters. The number of halogens is 1. The number of rotatable bonds is 2. The van der Waals surface area contributed by atoms with Gasteiger partial charge in [-0.2, -0.15) is 0 Å². The van der Waals surface area contributed by atoms with E-state index in [1.54, 1.807) is 18.2 Å². The summed E-state index contributed by atoms with van der Waals surface area (Å²) in [6.45, 7) is 6.75. The Morgan fingerprint density at radius 3 is 2.62 bits per heavy atom. The third-order valence-corrected chi connectivity index (χ3v) is 2.27. The highest BCUT2D eigenvalue weighted by Crippen LogP contribution is 2.18. The van der Waals surface area contributed by atoms with E-state index in [0.29, 0.717) is 22.8 Å². The topological polar surface area (TPSA) is 55.1 Å². The number of nitrogen functional groups attached to an aromatic ring is 1. The Kier molecular flexibility index (Phi) is 3.81. The normalized spacial score (nSPS) is 11.2. The summed E-state index contributed by atoms with van der Waals surface area (Å²) in [5.74, 6) is -0.185. The Morgan fingerprint density at radius 1 is 1.44 bits per heavy atom. The van der Waals surface area contributed by atoms with Gasteiger partial charge in [-0.15, -0.1) is 0 Å². The molecule has 88 valence electrons. The summed E-state index contributed by atoms with van der Waals surface area (Å²) in [5, 5.41) is 3.34. The lowest BCUT2D eigenvalue weighted by Gasteiger charge is -2.19. The van der Waals surface area contributed by atoms with E-state index < -0.39 is 0 Å². The van der Waals surface area contributed by atoms with Crippen molar-refractivity contribution in [2.45, 2.75) is 20.8 Å². The lowest BCUT2D eigenvalue weighted by Crippen LogP contribution is -2.32. The van der Waals surface area contributed by atoms with Crippen LogP contribution in [0.25, 0.3) is 0 Å². The van der Waals surface area contributed by atoms with E-state index >= 15 is 0 Å². The molecule has 0 heterocycles. The van der Waals surface area contributed by atoms with E-state index in [1.807, 2.05) is 0 Å². The largest absolute Gasteiger partial charge is 0.398 e. The Morgan fingerprint density at radius 2 is 2.06 bits per heavy atom.